The number of aliphatic hydroxyl groups is 1. The number of nitrogens with zero attached hydrogens (tertiary/aromatic N) is 1. The van der Waals surface area contributed by atoms with Gasteiger partial charge in [0.2, 0.25) is 0 Å². The molecule has 3 rings (SSSR count). The van der Waals surface area contributed by atoms with Crippen molar-refractivity contribution >= 4 is 11.7 Å². The Morgan fingerprint density at radius 1 is 1.23 bits per heavy atom. The van der Waals surface area contributed by atoms with E-state index in [1.165, 1.54) is 17.7 Å². The molecule has 0 radical (unpaired) electrons. The van der Waals surface area contributed by atoms with E-state index in [4.69, 9.17) is 4.74 Å². The maximum Gasteiger partial charge on any atom is 0.319 e. The molecule has 1 heterocycles. The van der Waals surface area contributed by atoms with E-state index in [2.05, 4.69) is 15.5 Å². The standard InChI is InChI=1S/C23H30FN3O3/c1-30-22-4-2-3-20(14-22)26-23(29)25-15-21(28)16-27-11-9-18(10-12-27)13-17-5-7-19(24)8-6-17/h2-8,14,18,21,28H,9-13,15-16H2,1H3,(H2,25,26,29). The minimum atomic E-state index is -0.630. The third kappa shape index (κ3) is 7.00. The Kier molecular flexibility index (Phi) is 8.04. The Hall–Kier alpha value is -2.64. The van der Waals surface area contributed by atoms with Crippen LogP contribution in [0.3, 0.4) is 0 Å². The Balaban J connectivity index is 1.33. The van der Waals surface area contributed by atoms with Crippen molar-refractivity contribution in [2.75, 3.05) is 38.6 Å². The summed E-state index contributed by atoms with van der Waals surface area (Å²) in [5.74, 6) is 1.04. The number of anilines is 1. The number of benzene rings is 2. The van der Waals surface area contributed by atoms with Crippen LogP contribution in [0.15, 0.2) is 48.5 Å². The van der Waals surface area contributed by atoms with Crippen LogP contribution in [0.1, 0.15) is 18.4 Å². The molecule has 6 nitrogen and oxygen atoms in total. The summed E-state index contributed by atoms with van der Waals surface area (Å²) >= 11 is 0. The van der Waals surface area contributed by atoms with Gasteiger partial charge >= 0.3 is 6.03 Å². The van der Waals surface area contributed by atoms with Crippen LogP contribution in [-0.4, -0.2) is 55.4 Å². The lowest BCUT2D eigenvalue weighted by Crippen LogP contribution is -2.44. The molecule has 0 aromatic heterocycles. The first-order chi connectivity index (χ1) is 14.5. The number of nitrogens with one attached hydrogen (secondary N) is 2. The molecule has 1 aliphatic heterocycles. The van der Waals surface area contributed by atoms with E-state index < -0.39 is 6.10 Å². The van der Waals surface area contributed by atoms with E-state index in [-0.39, 0.29) is 18.4 Å². The molecule has 0 bridgehead atoms. The van der Waals surface area contributed by atoms with Crippen LogP contribution in [0, 0.1) is 11.7 Å². The third-order valence-corrected chi connectivity index (χ3v) is 5.44. The van der Waals surface area contributed by atoms with Crippen molar-refractivity contribution in [3.8, 4) is 5.75 Å². The second kappa shape index (κ2) is 10.9. The number of carbonyl (C=O) groups excluding carboxylic acids is 1. The molecule has 1 unspecified atom stereocenters. The predicted octanol–water partition coefficient (Wildman–Crippen LogP) is 3.27. The van der Waals surface area contributed by atoms with Gasteiger partial charge in [0, 0.05) is 24.8 Å². The zero-order chi connectivity index (χ0) is 21.3. The van der Waals surface area contributed by atoms with Gasteiger partial charge in [0.15, 0.2) is 0 Å². The molecule has 30 heavy (non-hydrogen) atoms. The van der Waals surface area contributed by atoms with Crippen molar-refractivity contribution in [3.05, 3.63) is 59.9 Å². The van der Waals surface area contributed by atoms with Crippen molar-refractivity contribution in [1.29, 1.82) is 0 Å². The molecule has 1 aliphatic rings. The molecule has 0 aliphatic carbocycles. The fourth-order valence-corrected chi connectivity index (χ4v) is 3.78. The van der Waals surface area contributed by atoms with E-state index in [0.29, 0.717) is 23.9 Å². The summed E-state index contributed by atoms with van der Waals surface area (Å²) in [7, 11) is 1.57. The van der Waals surface area contributed by atoms with Gasteiger partial charge in [-0.1, -0.05) is 18.2 Å². The maximum atomic E-state index is 13.0. The zero-order valence-corrected chi connectivity index (χ0v) is 17.3. The van der Waals surface area contributed by atoms with Crippen LogP contribution in [0.5, 0.6) is 5.75 Å². The largest absolute Gasteiger partial charge is 0.497 e. The maximum absolute atomic E-state index is 13.0. The number of β-amino-alcohol motifs (C(OH)–C–C–N with tert-alkyl or cyclic N) is 1. The second-order valence-electron chi connectivity index (χ2n) is 7.80. The minimum Gasteiger partial charge on any atom is -0.497 e. The van der Waals surface area contributed by atoms with Gasteiger partial charge in [0.05, 0.1) is 13.2 Å². The molecule has 1 atom stereocenters. The van der Waals surface area contributed by atoms with Crippen molar-refractivity contribution in [2.24, 2.45) is 5.92 Å². The molecule has 2 aromatic carbocycles. The van der Waals surface area contributed by atoms with E-state index >= 15 is 0 Å². The molecule has 0 saturated carbocycles. The van der Waals surface area contributed by atoms with E-state index in [9.17, 15) is 14.3 Å². The van der Waals surface area contributed by atoms with Crippen molar-refractivity contribution in [2.45, 2.75) is 25.4 Å². The first kappa shape index (κ1) is 22.1. The molecule has 7 heteroatoms. The Labute approximate surface area is 177 Å². The number of urea groups is 1. The summed E-state index contributed by atoms with van der Waals surface area (Å²) in [6.45, 7) is 2.55. The lowest BCUT2D eigenvalue weighted by atomic mass is 9.90. The topological polar surface area (TPSA) is 73.8 Å². The molecule has 1 fully saturated rings. The molecule has 162 valence electrons. The predicted molar refractivity (Wildman–Crippen MR) is 115 cm³/mol. The monoisotopic (exact) mass is 415 g/mol. The van der Waals surface area contributed by atoms with Crippen molar-refractivity contribution < 1.29 is 19.0 Å². The number of likely N-dealkylation sites (tertiary alicyclic amines) is 1. The number of piperidine rings is 1. The molecule has 1 saturated heterocycles. The molecule has 3 N–H and O–H groups in total. The SMILES string of the molecule is COc1cccc(NC(=O)NCC(O)CN2CCC(Cc3ccc(F)cc3)CC2)c1. The van der Waals surface area contributed by atoms with E-state index in [1.807, 2.05) is 12.1 Å². The highest BCUT2D eigenvalue weighted by Gasteiger charge is 2.21. The van der Waals surface area contributed by atoms with Gasteiger partial charge in [-0.2, -0.15) is 0 Å². The van der Waals surface area contributed by atoms with Crippen LogP contribution >= 0.6 is 0 Å². The summed E-state index contributed by atoms with van der Waals surface area (Å²) in [6.07, 6.45) is 2.43. The highest BCUT2D eigenvalue weighted by Crippen LogP contribution is 2.22. The summed E-state index contributed by atoms with van der Waals surface area (Å²) in [5, 5.41) is 15.7. The first-order valence-corrected chi connectivity index (χ1v) is 10.4. The summed E-state index contributed by atoms with van der Waals surface area (Å²) in [5.41, 5.74) is 1.80. The Bertz CT molecular complexity index is 808. The number of aliphatic hydroxyl groups excluding tert-OH is 1. The quantitative estimate of drug-likeness (QED) is 0.619. The van der Waals surface area contributed by atoms with E-state index in [1.54, 1.807) is 31.4 Å². The Morgan fingerprint density at radius 3 is 2.67 bits per heavy atom. The first-order valence-electron chi connectivity index (χ1n) is 10.4. The van der Waals surface area contributed by atoms with Crippen LogP contribution in [0.4, 0.5) is 14.9 Å². The molecular weight excluding hydrogens is 385 g/mol. The van der Waals surface area contributed by atoms with Crippen LogP contribution in [-0.2, 0) is 6.42 Å². The number of rotatable bonds is 8. The molecule has 2 amide bonds. The second-order valence-corrected chi connectivity index (χ2v) is 7.80. The van der Waals surface area contributed by atoms with Crippen LogP contribution < -0.4 is 15.4 Å². The summed E-state index contributed by atoms with van der Waals surface area (Å²) in [6, 6.07) is 13.5. The van der Waals surface area contributed by atoms with Gasteiger partial charge in [-0.05, 0) is 68.1 Å². The number of ether oxygens (including phenoxy) is 1. The van der Waals surface area contributed by atoms with Gasteiger partial charge in [-0.3, -0.25) is 0 Å². The summed E-state index contributed by atoms with van der Waals surface area (Å²) < 4.78 is 18.2. The smallest absolute Gasteiger partial charge is 0.319 e. The van der Waals surface area contributed by atoms with Gasteiger partial charge in [0.1, 0.15) is 11.6 Å². The fourth-order valence-electron chi connectivity index (χ4n) is 3.78. The fraction of sp³-hybridized carbons (Fsp3) is 0.435. The average molecular weight is 416 g/mol. The lowest BCUT2D eigenvalue weighted by Gasteiger charge is -2.33. The summed E-state index contributed by atoms with van der Waals surface area (Å²) in [4.78, 5) is 14.3. The normalized spacial score (nSPS) is 16.1. The van der Waals surface area contributed by atoms with E-state index in [0.717, 1.165) is 32.4 Å². The number of methoxy groups -OCH3 is 1. The van der Waals surface area contributed by atoms with Gasteiger partial charge in [-0.15, -0.1) is 0 Å². The van der Waals surface area contributed by atoms with Crippen LogP contribution in [0.25, 0.3) is 0 Å². The number of hydrogen-bond donors (Lipinski definition) is 3. The third-order valence-electron chi connectivity index (χ3n) is 5.44. The highest BCUT2D eigenvalue weighted by atomic mass is 19.1. The number of amides is 2. The molecule has 2 aromatic rings. The zero-order valence-electron chi connectivity index (χ0n) is 17.3. The lowest BCUT2D eigenvalue weighted by molar-refractivity contribution is 0.0902. The Morgan fingerprint density at radius 2 is 1.97 bits per heavy atom. The number of hydrogen-bond acceptors (Lipinski definition) is 4. The highest BCUT2D eigenvalue weighted by molar-refractivity contribution is 5.89. The van der Waals surface area contributed by atoms with Gasteiger partial charge in [-0.25, -0.2) is 9.18 Å². The van der Waals surface area contributed by atoms with Crippen molar-refractivity contribution in [1.82, 2.24) is 10.2 Å². The van der Waals surface area contributed by atoms with Gasteiger partial charge in [0.25, 0.3) is 0 Å². The minimum absolute atomic E-state index is 0.186. The average Bonchev–Trinajstić information content (AvgIpc) is 2.75. The molecule has 0 spiro atoms. The van der Waals surface area contributed by atoms with Gasteiger partial charge < -0.3 is 25.4 Å². The number of carbonyl (C=O) groups is 1. The molecular formula is C23H30FN3O3. The van der Waals surface area contributed by atoms with Crippen LogP contribution in [0.2, 0.25) is 0 Å². The van der Waals surface area contributed by atoms with Crippen molar-refractivity contribution in [3.63, 3.8) is 0 Å². The number of halogens is 1.